The summed E-state index contributed by atoms with van der Waals surface area (Å²) in [4.78, 5) is 27.5. The molecule has 22 heavy (non-hydrogen) atoms. The molecule has 2 unspecified atom stereocenters. The van der Waals surface area contributed by atoms with E-state index in [2.05, 4.69) is 10.3 Å². The summed E-state index contributed by atoms with van der Waals surface area (Å²) in [6.07, 6.45) is 4.66. The van der Waals surface area contributed by atoms with E-state index in [0.717, 1.165) is 36.9 Å². The first-order valence-corrected chi connectivity index (χ1v) is 8.13. The minimum Gasteiger partial charge on any atom is -0.396 e. The molecule has 0 spiro atoms. The van der Waals surface area contributed by atoms with Gasteiger partial charge in [0.05, 0.1) is 0 Å². The fourth-order valence-corrected chi connectivity index (χ4v) is 3.56. The molecule has 5 nitrogen and oxygen atoms in total. The second-order valence-corrected chi connectivity index (χ2v) is 6.20. The molecule has 1 amide bonds. The summed E-state index contributed by atoms with van der Waals surface area (Å²) >= 11 is 0. The van der Waals surface area contributed by atoms with Gasteiger partial charge in [0.25, 0.3) is 5.91 Å². The highest BCUT2D eigenvalue weighted by atomic mass is 16.3. The molecule has 5 heteroatoms. The van der Waals surface area contributed by atoms with Gasteiger partial charge in [0.1, 0.15) is 5.69 Å². The van der Waals surface area contributed by atoms with Crippen molar-refractivity contribution in [3.8, 4) is 0 Å². The summed E-state index contributed by atoms with van der Waals surface area (Å²) in [6.45, 7) is 5.40. The van der Waals surface area contributed by atoms with E-state index in [1.165, 1.54) is 6.92 Å². The minimum atomic E-state index is -0.169. The van der Waals surface area contributed by atoms with Crippen LogP contribution < -0.4 is 5.32 Å². The lowest BCUT2D eigenvalue weighted by Gasteiger charge is -2.30. The second kappa shape index (κ2) is 7.09. The zero-order chi connectivity index (χ0) is 16.3. The van der Waals surface area contributed by atoms with Crippen LogP contribution in [0.5, 0.6) is 0 Å². The van der Waals surface area contributed by atoms with Gasteiger partial charge in [-0.25, -0.2) is 0 Å². The molecule has 1 aromatic heterocycles. The van der Waals surface area contributed by atoms with Crippen molar-refractivity contribution in [1.82, 2.24) is 10.3 Å². The van der Waals surface area contributed by atoms with Crippen LogP contribution in [-0.4, -0.2) is 34.4 Å². The molecule has 1 heterocycles. The summed E-state index contributed by atoms with van der Waals surface area (Å²) in [7, 11) is 0. The van der Waals surface area contributed by atoms with Gasteiger partial charge >= 0.3 is 0 Å². The van der Waals surface area contributed by atoms with Crippen LogP contribution in [0.3, 0.4) is 0 Å². The average molecular weight is 306 g/mol. The van der Waals surface area contributed by atoms with E-state index in [9.17, 15) is 14.7 Å². The van der Waals surface area contributed by atoms with Crippen molar-refractivity contribution < 1.29 is 14.7 Å². The zero-order valence-corrected chi connectivity index (χ0v) is 13.7. The summed E-state index contributed by atoms with van der Waals surface area (Å²) in [5.41, 5.74) is 2.66. The number of H-pyrrole nitrogens is 1. The van der Waals surface area contributed by atoms with Crippen molar-refractivity contribution in [2.45, 2.75) is 58.9 Å². The molecular formula is C17H26N2O3. The van der Waals surface area contributed by atoms with Crippen LogP contribution in [0.4, 0.5) is 0 Å². The maximum Gasteiger partial charge on any atom is 0.268 e. The second-order valence-electron chi connectivity index (χ2n) is 6.20. The van der Waals surface area contributed by atoms with Crippen molar-refractivity contribution >= 4 is 11.7 Å². The van der Waals surface area contributed by atoms with Gasteiger partial charge in [0.2, 0.25) is 0 Å². The number of aliphatic hydroxyl groups is 1. The van der Waals surface area contributed by atoms with E-state index in [0.29, 0.717) is 17.7 Å². The fourth-order valence-electron chi connectivity index (χ4n) is 3.56. The van der Waals surface area contributed by atoms with Gasteiger partial charge in [-0.15, -0.1) is 0 Å². The first-order chi connectivity index (χ1) is 10.5. The Morgan fingerprint density at radius 2 is 2.00 bits per heavy atom. The molecule has 0 bridgehead atoms. The van der Waals surface area contributed by atoms with Gasteiger partial charge in [0.15, 0.2) is 5.78 Å². The zero-order valence-electron chi connectivity index (χ0n) is 13.7. The summed E-state index contributed by atoms with van der Waals surface area (Å²) in [6, 6.07) is 0.0142. The van der Waals surface area contributed by atoms with Gasteiger partial charge in [0, 0.05) is 29.8 Å². The Hall–Kier alpha value is -1.62. The van der Waals surface area contributed by atoms with Crippen molar-refractivity contribution in [2.75, 3.05) is 6.61 Å². The van der Waals surface area contributed by atoms with Gasteiger partial charge < -0.3 is 15.4 Å². The van der Waals surface area contributed by atoms with Crippen LogP contribution in [0.2, 0.25) is 0 Å². The number of aliphatic hydroxyl groups excluding tert-OH is 1. The molecule has 1 aromatic rings. The van der Waals surface area contributed by atoms with Crippen LogP contribution in [0, 0.1) is 12.8 Å². The summed E-state index contributed by atoms with van der Waals surface area (Å²) < 4.78 is 0. The van der Waals surface area contributed by atoms with E-state index in [1.54, 1.807) is 0 Å². The van der Waals surface area contributed by atoms with Crippen molar-refractivity contribution in [1.29, 1.82) is 0 Å². The number of hydrogen-bond donors (Lipinski definition) is 3. The molecule has 122 valence electrons. The average Bonchev–Trinajstić information content (AvgIpc) is 2.84. The number of amides is 1. The Morgan fingerprint density at radius 3 is 2.59 bits per heavy atom. The minimum absolute atomic E-state index is 0.0142. The largest absolute Gasteiger partial charge is 0.396 e. The number of rotatable bonds is 5. The molecular weight excluding hydrogens is 280 g/mol. The van der Waals surface area contributed by atoms with Crippen LogP contribution >= 0.6 is 0 Å². The molecule has 2 rings (SSSR count). The Morgan fingerprint density at radius 1 is 1.32 bits per heavy atom. The number of Topliss-reactive ketones (excluding diaryl/α,β-unsaturated/α-hetero) is 1. The van der Waals surface area contributed by atoms with E-state index in [1.807, 2.05) is 13.8 Å². The lowest BCUT2D eigenvalue weighted by atomic mass is 9.85. The Bertz CT molecular complexity index is 562. The SMILES string of the molecule is CCc1c(C(=O)NC2CCCCC2CO)[nH]c(C)c1C(C)=O. The topological polar surface area (TPSA) is 82.2 Å². The first kappa shape index (κ1) is 16.7. The Labute approximate surface area is 131 Å². The van der Waals surface area contributed by atoms with Crippen LogP contribution in [0.1, 0.15) is 71.6 Å². The van der Waals surface area contributed by atoms with E-state index >= 15 is 0 Å². The van der Waals surface area contributed by atoms with E-state index in [4.69, 9.17) is 0 Å². The van der Waals surface area contributed by atoms with Crippen molar-refractivity contribution in [3.63, 3.8) is 0 Å². The highest BCUT2D eigenvalue weighted by Gasteiger charge is 2.28. The Balaban J connectivity index is 2.22. The number of aromatic nitrogens is 1. The third kappa shape index (κ3) is 3.24. The third-order valence-corrected chi connectivity index (χ3v) is 4.68. The monoisotopic (exact) mass is 306 g/mol. The fraction of sp³-hybridized carbons (Fsp3) is 0.647. The molecule has 3 N–H and O–H groups in total. The van der Waals surface area contributed by atoms with Crippen LogP contribution in [0.15, 0.2) is 0 Å². The number of nitrogens with one attached hydrogen (secondary N) is 2. The number of aryl methyl sites for hydroxylation is 1. The standard InChI is InChI=1S/C17H26N2O3/c1-4-13-15(11(3)21)10(2)18-16(13)17(22)19-14-8-6-5-7-12(14)9-20/h12,14,18,20H,4-9H2,1-3H3,(H,19,22). The van der Waals surface area contributed by atoms with Gasteiger partial charge in [-0.1, -0.05) is 19.8 Å². The molecule has 1 aliphatic rings. The predicted octanol–water partition coefficient (Wildman–Crippen LogP) is 2.37. The third-order valence-electron chi connectivity index (χ3n) is 4.68. The number of ketones is 1. The van der Waals surface area contributed by atoms with E-state index < -0.39 is 0 Å². The molecule has 1 fully saturated rings. The van der Waals surface area contributed by atoms with Crippen molar-refractivity contribution in [3.05, 3.63) is 22.5 Å². The maximum absolute atomic E-state index is 12.6. The quantitative estimate of drug-likeness (QED) is 0.730. The predicted molar refractivity (Wildman–Crippen MR) is 85.2 cm³/mol. The van der Waals surface area contributed by atoms with Gasteiger partial charge in [-0.3, -0.25) is 9.59 Å². The molecule has 0 saturated heterocycles. The molecule has 2 atom stereocenters. The van der Waals surface area contributed by atoms with E-state index in [-0.39, 0.29) is 30.3 Å². The van der Waals surface area contributed by atoms with Crippen LogP contribution in [0.25, 0.3) is 0 Å². The number of hydrogen-bond acceptors (Lipinski definition) is 3. The molecule has 1 aliphatic carbocycles. The number of aromatic amines is 1. The first-order valence-electron chi connectivity index (χ1n) is 8.13. The molecule has 1 saturated carbocycles. The number of carbonyl (C=O) groups is 2. The molecule has 0 radical (unpaired) electrons. The normalized spacial score (nSPS) is 21.6. The summed E-state index contributed by atoms with van der Waals surface area (Å²) in [5.74, 6) is -0.0561. The van der Waals surface area contributed by atoms with Crippen LogP contribution in [-0.2, 0) is 6.42 Å². The molecule has 0 aliphatic heterocycles. The maximum atomic E-state index is 12.6. The lowest BCUT2D eigenvalue weighted by Crippen LogP contribution is -2.43. The van der Waals surface area contributed by atoms with Gasteiger partial charge in [-0.05, 0) is 38.7 Å². The highest BCUT2D eigenvalue weighted by molar-refractivity contribution is 6.02. The summed E-state index contributed by atoms with van der Waals surface area (Å²) in [5, 5.41) is 12.5. The van der Waals surface area contributed by atoms with Gasteiger partial charge in [-0.2, -0.15) is 0 Å². The number of carbonyl (C=O) groups excluding carboxylic acids is 2. The smallest absolute Gasteiger partial charge is 0.268 e. The lowest BCUT2D eigenvalue weighted by molar-refractivity contribution is 0.0867. The van der Waals surface area contributed by atoms with Crippen molar-refractivity contribution in [2.24, 2.45) is 5.92 Å². The molecule has 0 aromatic carbocycles. The highest BCUT2D eigenvalue weighted by Crippen LogP contribution is 2.25. The Kier molecular flexibility index (Phi) is 5.40.